The van der Waals surface area contributed by atoms with Crippen LogP contribution in [0.3, 0.4) is 0 Å². The first-order valence-corrected chi connectivity index (χ1v) is 13.3. The van der Waals surface area contributed by atoms with E-state index >= 15 is 0 Å². The van der Waals surface area contributed by atoms with Crippen molar-refractivity contribution in [2.75, 3.05) is 25.5 Å². The normalized spacial score (nSPS) is 34.1. The zero-order valence-electron chi connectivity index (χ0n) is 18.1. The molecule has 2 aromatic rings. The number of ether oxygens (including phenoxy) is 1. The number of aromatic amines is 1. The van der Waals surface area contributed by atoms with Gasteiger partial charge in [-0.05, 0) is 0 Å². The fraction of sp³-hybridized carbons (Fsp3) is 0.667. The average Bonchev–Trinajstić information content (AvgIpc) is 3.42. The first-order chi connectivity index (χ1) is 16.8. The third-order valence-corrected chi connectivity index (χ3v) is 8.08. The molecule has 0 aromatic carbocycles. The molecule has 36 heavy (non-hydrogen) atoms. The van der Waals surface area contributed by atoms with Crippen LogP contribution in [0.1, 0.15) is 6.23 Å². The summed E-state index contributed by atoms with van der Waals surface area (Å²) in [5.74, 6) is -0.245. The van der Waals surface area contributed by atoms with Crippen molar-refractivity contribution in [3.05, 3.63) is 16.7 Å². The predicted molar refractivity (Wildman–Crippen MR) is 115 cm³/mol. The fourth-order valence-electron chi connectivity index (χ4n) is 3.68. The second-order valence-corrected chi connectivity index (χ2v) is 11.0. The number of hydrogen-bond acceptors (Lipinski definition) is 15. The Morgan fingerprint density at radius 1 is 1.11 bits per heavy atom. The maximum atomic E-state index is 12.2. The molecule has 10 N–H and O–H groups in total. The summed E-state index contributed by atoms with van der Waals surface area (Å²) in [5.41, 5.74) is 4.66. The van der Waals surface area contributed by atoms with Gasteiger partial charge in [-0.25, -0.2) is 14.1 Å². The van der Waals surface area contributed by atoms with Crippen LogP contribution in [0.5, 0.6) is 0 Å². The minimum Gasteiger partial charge on any atom is -0.389 e. The molecule has 9 atom stereocenters. The highest BCUT2D eigenvalue weighted by Gasteiger charge is 2.46. The Morgan fingerprint density at radius 3 is 2.42 bits per heavy atom. The first kappa shape index (κ1) is 27.2. The van der Waals surface area contributed by atoms with Crippen molar-refractivity contribution in [3.8, 4) is 0 Å². The van der Waals surface area contributed by atoms with Gasteiger partial charge in [-0.3, -0.25) is 23.4 Å². The van der Waals surface area contributed by atoms with Crippen LogP contribution in [0.4, 0.5) is 5.95 Å². The second-order valence-electron chi connectivity index (χ2n) is 8.00. The number of nitrogens with one attached hydrogen (secondary N) is 2. The van der Waals surface area contributed by atoms with Gasteiger partial charge in [0.05, 0.1) is 37.8 Å². The lowest BCUT2D eigenvalue weighted by Gasteiger charge is -2.21. The number of nitrogen functional groups attached to an aromatic ring is 1. The number of β-amino-alcohol motifs (C(OH)–C–C–N with tert-alkyl or cyclic N) is 1. The third kappa shape index (κ3) is 5.68. The molecule has 2 aliphatic heterocycles. The molecule has 0 bridgehead atoms. The topological polar surface area (TPSA) is 294 Å². The summed E-state index contributed by atoms with van der Waals surface area (Å²) in [4.78, 5) is 41.5. The molecule has 4 heterocycles. The van der Waals surface area contributed by atoms with Crippen LogP contribution in [0.25, 0.3) is 11.2 Å². The van der Waals surface area contributed by atoms with E-state index in [4.69, 9.17) is 10.5 Å². The molecule has 0 saturated carbocycles. The highest BCUT2D eigenvalue weighted by molar-refractivity contribution is 7.61. The Labute approximate surface area is 200 Å². The summed E-state index contributed by atoms with van der Waals surface area (Å²) in [6, 6.07) is -0.941. The number of aromatic nitrogens is 4. The van der Waals surface area contributed by atoms with Crippen LogP contribution in [0.2, 0.25) is 0 Å². The van der Waals surface area contributed by atoms with Crippen molar-refractivity contribution in [2.45, 2.75) is 42.8 Å². The summed E-state index contributed by atoms with van der Waals surface area (Å²) in [5, 5.41) is 42.4. The maximum Gasteiger partial charge on any atom is 0.481 e. The van der Waals surface area contributed by atoms with E-state index in [0.29, 0.717) is 0 Å². The van der Waals surface area contributed by atoms with Gasteiger partial charge in [0.15, 0.2) is 17.4 Å². The van der Waals surface area contributed by atoms with E-state index in [9.17, 15) is 44.1 Å². The summed E-state index contributed by atoms with van der Waals surface area (Å²) < 4.78 is 44.2. The van der Waals surface area contributed by atoms with Crippen LogP contribution in [-0.4, -0.2) is 106 Å². The average molecular weight is 558 g/mol. The molecule has 2 saturated heterocycles. The second kappa shape index (κ2) is 10.1. The molecule has 0 spiro atoms. The van der Waals surface area contributed by atoms with Crippen molar-refractivity contribution in [1.82, 2.24) is 24.8 Å². The number of nitrogens with zero attached hydrogens (tertiary/aromatic N) is 3. The first-order valence-electron chi connectivity index (χ1n) is 10.3. The summed E-state index contributed by atoms with van der Waals surface area (Å²) >= 11 is 0. The zero-order valence-corrected chi connectivity index (χ0v) is 19.9. The van der Waals surface area contributed by atoms with Gasteiger partial charge in [-0.2, -0.15) is 9.29 Å². The van der Waals surface area contributed by atoms with E-state index in [2.05, 4.69) is 33.6 Å². The van der Waals surface area contributed by atoms with Gasteiger partial charge in [0, 0.05) is 6.54 Å². The Morgan fingerprint density at radius 2 is 1.78 bits per heavy atom. The van der Waals surface area contributed by atoms with E-state index in [0.717, 1.165) is 10.9 Å². The Bertz CT molecular complexity index is 1260. The minimum absolute atomic E-state index is 0.00123. The van der Waals surface area contributed by atoms with Crippen LogP contribution < -0.4 is 16.6 Å². The van der Waals surface area contributed by atoms with Gasteiger partial charge in [-0.15, -0.1) is 0 Å². The number of H-pyrrole nitrogens is 1. The number of hydrogen-bond donors (Lipinski definition) is 9. The van der Waals surface area contributed by atoms with Crippen LogP contribution in [0.15, 0.2) is 11.1 Å². The van der Waals surface area contributed by atoms with E-state index in [1.54, 1.807) is 0 Å². The maximum absolute atomic E-state index is 12.2. The summed E-state index contributed by atoms with van der Waals surface area (Å²) in [6.45, 7) is -1.54. The van der Waals surface area contributed by atoms with Gasteiger partial charge in [0.2, 0.25) is 5.95 Å². The van der Waals surface area contributed by atoms with Crippen molar-refractivity contribution in [3.63, 3.8) is 0 Å². The molecule has 21 heteroatoms. The number of phosphoric ester groups is 2. The molecule has 19 nitrogen and oxygen atoms in total. The number of aliphatic hydroxyl groups is 4. The van der Waals surface area contributed by atoms with Crippen molar-refractivity contribution in [2.24, 2.45) is 0 Å². The number of phosphoric acid groups is 2. The van der Waals surface area contributed by atoms with E-state index in [-0.39, 0.29) is 23.7 Å². The number of rotatable bonds is 9. The SMILES string of the molecule is Nc1nc2c(ncn2[C@@H]2O[C@H](COP(=O)(O)OP(=O)(O)OC[C@H]3NC[C@H](O)[C@@H]3O)[C@@H](O)[C@H]2O)c(=O)[nH]1. The number of imidazole rings is 1. The quantitative estimate of drug-likeness (QED) is 0.134. The van der Waals surface area contributed by atoms with E-state index < -0.39 is 77.2 Å². The molecule has 4 rings (SSSR count). The zero-order chi connectivity index (χ0) is 26.4. The molecule has 0 aliphatic carbocycles. The van der Waals surface area contributed by atoms with Crippen molar-refractivity contribution >= 4 is 32.8 Å². The Balaban J connectivity index is 1.36. The molecule has 0 radical (unpaired) electrons. The molecule has 2 aromatic heterocycles. The van der Waals surface area contributed by atoms with E-state index in [1.807, 2.05) is 0 Å². The van der Waals surface area contributed by atoms with Crippen molar-refractivity contribution in [1.29, 1.82) is 0 Å². The van der Waals surface area contributed by atoms with Gasteiger partial charge < -0.3 is 46.0 Å². The largest absolute Gasteiger partial charge is 0.481 e. The van der Waals surface area contributed by atoms with E-state index in [1.165, 1.54) is 0 Å². The van der Waals surface area contributed by atoms with Crippen LogP contribution >= 0.6 is 15.6 Å². The molecule has 202 valence electrons. The Kier molecular flexibility index (Phi) is 7.67. The molecule has 2 fully saturated rings. The fourth-order valence-corrected chi connectivity index (χ4v) is 5.79. The lowest BCUT2D eigenvalue weighted by molar-refractivity contribution is -0.0504. The van der Waals surface area contributed by atoms with Gasteiger partial charge >= 0.3 is 15.6 Å². The van der Waals surface area contributed by atoms with Crippen LogP contribution in [0, 0.1) is 0 Å². The lowest BCUT2D eigenvalue weighted by atomic mass is 10.1. The molecule has 2 unspecified atom stereocenters. The molecule has 0 amide bonds. The molecule has 2 aliphatic rings. The standard InChI is InChI=1S/C15H24N6O13P2/c16-15-19-12-8(13(26)20-15)18-4-21(12)14-11(25)10(24)7(33-14)3-32-36(29,30)34-35(27,28)31-2-5-9(23)6(22)1-17-5/h4-7,9-11,14,17,22-25H,1-3H2,(H,27,28)(H,29,30)(H3,16,19,20,26)/t5-,6+,7-,9-,10-,11-,14-/m1/s1. The van der Waals surface area contributed by atoms with Crippen LogP contribution in [-0.2, 0) is 27.2 Å². The van der Waals surface area contributed by atoms with Gasteiger partial charge in [-0.1, -0.05) is 0 Å². The highest BCUT2D eigenvalue weighted by atomic mass is 31.3. The molecular formula is C15H24N6O13P2. The number of fused-ring (bicyclic) bond motifs is 1. The lowest BCUT2D eigenvalue weighted by Crippen LogP contribution is -2.36. The summed E-state index contributed by atoms with van der Waals surface area (Å²) in [6.07, 6.45) is -7.44. The third-order valence-electron chi connectivity index (χ3n) is 5.48. The number of anilines is 1. The predicted octanol–water partition coefficient (Wildman–Crippen LogP) is -3.73. The smallest absolute Gasteiger partial charge is 0.389 e. The van der Waals surface area contributed by atoms with Gasteiger partial charge in [0.1, 0.15) is 18.3 Å². The molecular weight excluding hydrogens is 534 g/mol. The monoisotopic (exact) mass is 558 g/mol. The highest BCUT2D eigenvalue weighted by Crippen LogP contribution is 2.60. The Hall–Kier alpha value is -1.83. The number of aliphatic hydroxyl groups excluding tert-OH is 4. The van der Waals surface area contributed by atoms with Crippen molar-refractivity contribution < 1.29 is 57.4 Å². The summed E-state index contributed by atoms with van der Waals surface area (Å²) in [7, 11) is -10.4. The number of nitrogens with two attached hydrogens (primary N) is 1. The minimum atomic E-state index is -5.27. The van der Waals surface area contributed by atoms with Gasteiger partial charge in [0.25, 0.3) is 5.56 Å².